The molecule has 0 atom stereocenters. The third-order valence-electron chi connectivity index (χ3n) is 3.41. The van der Waals surface area contributed by atoms with Gasteiger partial charge >= 0.3 is 0 Å². The summed E-state index contributed by atoms with van der Waals surface area (Å²) in [4.78, 5) is 18.0. The van der Waals surface area contributed by atoms with Gasteiger partial charge in [0.1, 0.15) is 11.3 Å². The maximum absolute atomic E-state index is 12.4. The van der Waals surface area contributed by atoms with Gasteiger partial charge in [-0.3, -0.25) is 4.79 Å². The van der Waals surface area contributed by atoms with Crippen molar-refractivity contribution in [3.05, 3.63) is 45.4 Å². The predicted molar refractivity (Wildman–Crippen MR) is 97.1 cm³/mol. The molecule has 0 saturated heterocycles. The molecule has 0 radical (unpaired) electrons. The minimum Gasteiger partial charge on any atom is -0.492 e. The van der Waals surface area contributed by atoms with Crippen LogP contribution < -0.4 is 9.54 Å². The molecule has 1 aromatic carbocycles. The largest absolute Gasteiger partial charge is 0.492 e. The molecule has 3 aromatic rings. The van der Waals surface area contributed by atoms with Crippen LogP contribution in [0.3, 0.4) is 0 Å². The number of rotatable bonds is 6. The first-order chi connectivity index (χ1) is 11.7. The van der Waals surface area contributed by atoms with E-state index in [4.69, 9.17) is 9.47 Å². The van der Waals surface area contributed by atoms with E-state index in [2.05, 4.69) is 4.99 Å². The molecule has 0 fully saturated rings. The maximum Gasteiger partial charge on any atom is 0.289 e. The van der Waals surface area contributed by atoms with Crippen molar-refractivity contribution in [2.45, 2.75) is 13.5 Å². The molecule has 0 bridgehead atoms. The summed E-state index contributed by atoms with van der Waals surface area (Å²) in [6.45, 7) is 3.68. The molecule has 1 amide bonds. The Kier molecular flexibility index (Phi) is 5.44. The van der Waals surface area contributed by atoms with Gasteiger partial charge in [0.2, 0.25) is 0 Å². The fourth-order valence-electron chi connectivity index (χ4n) is 2.39. The SMILES string of the molecule is CCOc1cccc2sc(=NC(=O)c3cccs3)n(CCOC)c12. The number of nitrogens with zero attached hydrogens (tertiary/aromatic N) is 2. The van der Waals surface area contributed by atoms with Crippen LogP contribution in [-0.4, -0.2) is 30.8 Å². The number of methoxy groups -OCH3 is 1. The minimum atomic E-state index is -0.222. The van der Waals surface area contributed by atoms with Crippen LogP contribution >= 0.6 is 22.7 Å². The molecular formula is C17H18N2O3S2. The van der Waals surface area contributed by atoms with Crippen LogP contribution in [0, 0.1) is 0 Å². The van der Waals surface area contributed by atoms with Crippen LogP contribution in [0.15, 0.2) is 40.7 Å². The lowest BCUT2D eigenvalue weighted by atomic mass is 10.3. The molecule has 0 N–H and O–H groups in total. The Hall–Kier alpha value is -1.96. The summed E-state index contributed by atoms with van der Waals surface area (Å²) in [6.07, 6.45) is 0. The Morgan fingerprint density at radius 3 is 2.88 bits per heavy atom. The van der Waals surface area contributed by atoms with Gasteiger partial charge in [0.15, 0.2) is 4.80 Å². The Labute approximate surface area is 147 Å². The van der Waals surface area contributed by atoms with Gasteiger partial charge in [-0.15, -0.1) is 11.3 Å². The zero-order valence-corrected chi connectivity index (χ0v) is 15.2. The van der Waals surface area contributed by atoms with Crippen LogP contribution in [-0.2, 0) is 11.3 Å². The molecule has 2 aromatic heterocycles. The van der Waals surface area contributed by atoms with Crippen LogP contribution in [0.1, 0.15) is 16.6 Å². The number of aromatic nitrogens is 1. The second kappa shape index (κ2) is 7.74. The molecule has 0 aliphatic heterocycles. The predicted octanol–water partition coefficient (Wildman–Crippen LogP) is 3.55. The Morgan fingerprint density at radius 1 is 1.29 bits per heavy atom. The van der Waals surface area contributed by atoms with Crippen molar-refractivity contribution >= 4 is 38.8 Å². The van der Waals surface area contributed by atoms with Gasteiger partial charge in [-0.25, -0.2) is 0 Å². The van der Waals surface area contributed by atoms with E-state index in [9.17, 15) is 4.79 Å². The van der Waals surface area contributed by atoms with Crippen LogP contribution in [0.25, 0.3) is 10.2 Å². The highest BCUT2D eigenvalue weighted by molar-refractivity contribution is 7.16. The van der Waals surface area contributed by atoms with Gasteiger partial charge in [-0.2, -0.15) is 4.99 Å². The number of benzene rings is 1. The molecule has 5 nitrogen and oxygen atoms in total. The fraction of sp³-hybridized carbons (Fsp3) is 0.294. The molecule has 2 heterocycles. The first-order valence-corrected chi connectivity index (χ1v) is 9.31. The van der Waals surface area contributed by atoms with E-state index < -0.39 is 0 Å². The third-order valence-corrected chi connectivity index (χ3v) is 5.31. The number of carbonyl (C=O) groups is 1. The standard InChI is InChI=1S/C17H18N2O3S2/c1-3-22-12-6-4-7-13-15(12)19(9-10-21-2)17(24-13)18-16(20)14-8-5-11-23-14/h4-8,11H,3,9-10H2,1-2H3. The van der Waals surface area contributed by atoms with E-state index in [-0.39, 0.29) is 5.91 Å². The molecule has 126 valence electrons. The lowest BCUT2D eigenvalue weighted by Gasteiger charge is -2.09. The van der Waals surface area contributed by atoms with Crippen molar-refractivity contribution in [2.75, 3.05) is 20.3 Å². The lowest BCUT2D eigenvalue weighted by Crippen LogP contribution is -2.19. The highest BCUT2D eigenvalue weighted by atomic mass is 32.1. The van der Waals surface area contributed by atoms with Crippen molar-refractivity contribution in [1.29, 1.82) is 0 Å². The monoisotopic (exact) mass is 362 g/mol. The second-order valence-electron chi connectivity index (χ2n) is 4.96. The second-order valence-corrected chi connectivity index (χ2v) is 6.92. The van der Waals surface area contributed by atoms with Crippen LogP contribution in [0.2, 0.25) is 0 Å². The number of hydrogen-bond donors (Lipinski definition) is 0. The van der Waals surface area contributed by atoms with Gasteiger partial charge in [0, 0.05) is 13.7 Å². The number of carbonyl (C=O) groups excluding carboxylic acids is 1. The highest BCUT2D eigenvalue weighted by Gasteiger charge is 2.13. The minimum absolute atomic E-state index is 0.222. The van der Waals surface area contributed by atoms with Crippen molar-refractivity contribution in [2.24, 2.45) is 4.99 Å². The van der Waals surface area contributed by atoms with E-state index >= 15 is 0 Å². The van der Waals surface area contributed by atoms with Gasteiger partial charge < -0.3 is 14.0 Å². The van der Waals surface area contributed by atoms with Gasteiger partial charge in [0.25, 0.3) is 5.91 Å². The highest BCUT2D eigenvalue weighted by Crippen LogP contribution is 2.27. The zero-order valence-electron chi connectivity index (χ0n) is 13.5. The van der Waals surface area contributed by atoms with E-state index in [1.807, 2.05) is 41.1 Å². The van der Waals surface area contributed by atoms with Crippen molar-refractivity contribution in [1.82, 2.24) is 4.57 Å². The number of fused-ring (bicyclic) bond motifs is 1. The van der Waals surface area contributed by atoms with Crippen molar-refractivity contribution in [3.63, 3.8) is 0 Å². The molecule has 0 unspecified atom stereocenters. The summed E-state index contributed by atoms with van der Waals surface area (Å²) < 4.78 is 14.0. The normalized spacial score (nSPS) is 12.0. The quantitative estimate of drug-likeness (QED) is 0.674. The number of thiazole rings is 1. The summed E-state index contributed by atoms with van der Waals surface area (Å²) in [5.74, 6) is 0.577. The molecule has 0 aliphatic rings. The molecule has 0 spiro atoms. The molecule has 0 aliphatic carbocycles. The van der Waals surface area contributed by atoms with E-state index in [1.54, 1.807) is 13.2 Å². The van der Waals surface area contributed by atoms with E-state index in [0.29, 0.717) is 29.4 Å². The fourth-order valence-corrected chi connectivity index (χ4v) is 4.07. The number of para-hydroxylation sites is 1. The smallest absolute Gasteiger partial charge is 0.289 e. The van der Waals surface area contributed by atoms with Gasteiger partial charge in [-0.05, 0) is 30.5 Å². The molecule has 7 heteroatoms. The average Bonchev–Trinajstić information content (AvgIpc) is 3.21. The molecule has 24 heavy (non-hydrogen) atoms. The van der Waals surface area contributed by atoms with Crippen molar-refractivity contribution < 1.29 is 14.3 Å². The average molecular weight is 362 g/mol. The summed E-state index contributed by atoms with van der Waals surface area (Å²) in [5, 5.41) is 1.87. The molecular weight excluding hydrogens is 344 g/mol. The van der Waals surface area contributed by atoms with E-state index in [0.717, 1.165) is 16.0 Å². The Morgan fingerprint density at radius 2 is 2.17 bits per heavy atom. The van der Waals surface area contributed by atoms with Gasteiger partial charge in [0.05, 0.1) is 22.8 Å². The maximum atomic E-state index is 12.4. The number of ether oxygens (including phenoxy) is 2. The molecule has 0 saturated carbocycles. The van der Waals surface area contributed by atoms with Crippen molar-refractivity contribution in [3.8, 4) is 5.75 Å². The summed E-state index contributed by atoms with van der Waals surface area (Å²) in [5.41, 5.74) is 0.958. The summed E-state index contributed by atoms with van der Waals surface area (Å²) in [7, 11) is 1.66. The number of amides is 1. The number of hydrogen-bond acceptors (Lipinski definition) is 5. The first kappa shape index (κ1) is 16.9. The van der Waals surface area contributed by atoms with Crippen LogP contribution in [0.4, 0.5) is 0 Å². The zero-order chi connectivity index (χ0) is 16.9. The molecule has 3 rings (SSSR count). The Bertz CT molecular complexity index is 894. The third kappa shape index (κ3) is 3.43. The van der Waals surface area contributed by atoms with E-state index in [1.165, 1.54) is 22.7 Å². The topological polar surface area (TPSA) is 52.8 Å². The number of thiophene rings is 1. The van der Waals surface area contributed by atoms with Gasteiger partial charge in [-0.1, -0.05) is 23.5 Å². The summed E-state index contributed by atoms with van der Waals surface area (Å²) in [6, 6.07) is 9.54. The first-order valence-electron chi connectivity index (χ1n) is 7.61. The Balaban J connectivity index is 2.16. The lowest BCUT2D eigenvalue weighted by molar-refractivity contribution is 0.100. The van der Waals surface area contributed by atoms with Crippen LogP contribution in [0.5, 0.6) is 5.75 Å². The summed E-state index contributed by atoms with van der Waals surface area (Å²) >= 11 is 2.88.